The predicted octanol–water partition coefficient (Wildman–Crippen LogP) is 4.37. The van der Waals surface area contributed by atoms with Gasteiger partial charge < -0.3 is 29.3 Å². The van der Waals surface area contributed by atoms with E-state index in [1.54, 1.807) is 29.0 Å². The third-order valence-corrected chi connectivity index (χ3v) is 10.7. The third-order valence-electron chi connectivity index (χ3n) is 10.7. The molecule has 4 aliphatic heterocycles. The SMILES string of the molecule is CCCCCN1C/C=C\CCC(=O)N(C)[C@H](C)[C@@H](c2ccccc2)OC(=O)[C@@H]2[C@@H]3C=C[C@]4(O3)[C@H](C1=O)N([C@H](CO)c1ccccc1)C(=O)[C@@H]24. The average molecular weight is 670 g/mol. The van der Waals surface area contributed by atoms with Gasteiger partial charge in [0.1, 0.15) is 23.7 Å². The third kappa shape index (κ3) is 6.32. The lowest BCUT2D eigenvalue weighted by molar-refractivity contribution is -0.164. The summed E-state index contributed by atoms with van der Waals surface area (Å²) in [5.41, 5.74) is -0.0309. The number of likely N-dealkylation sites (tertiary alicyclic amines) is 1. The number of carbonyl (C=O) groups is 4. The molecule has 2 aromatic rings. The van der Waals surface area contributed by atoms with Crippen LogP contribution in [0.1, 0.15) is 69.2 Å². The zero-order chi connectivity index (χ0) is 34.7. The van der Waals surface area contributed by atoms with E-state index >= 15 is 0 Å². The molecule has 49 heavy (non-hydrogen) atoms. The molecule has 1 N–H and O–H groups in total. The molecule has 10 nitrogen and oxygen atoms in total. The number of aliphatic hydroxyl groups excluding tert-OH is 1. The van der Waals surface area contributed by atoms with Gasteiger partial charge in [0.05, 0.1) is 30.7 Å². The van der Waals surface area contributed by atoms with Gasteiger partial charge in [0.15, 0.2) is 0 Å². The number of hydrogen-bond donors (Lipinski definition) is 1. The summed E-state index contributed by atoms with van der Waals surface area (Å²) in [7, 11) is 1.71. The first kappa shape index (κ1) is 34.6. The topological polar surface area (TPSA) is 117 Å². The molecule has 4 heterocycles. The van der Waals surface area contributed by atoms with Crippen LogP contribution in [0.15, 0.2) is 85.0 Å². The molecule has 0 aromatic heterocycles. The lowest BCUT2D eigenvalue weighted by atomic mass is 9.74. The van der Waals surface area contributed by atoms with E-state index < -0.39 is 66.3 Å². The summed E-state index contributed by atoms with van der Waals surface area (Å²) in [6, 6.07) is 16.0. The number of nitrogens with zero attached hydrogens (tertiary/aromatic N) is 3. The van der Waals surface area contributed by atoms with Gasteiger partial charge in [0.25, 0.3) is 0 Å². The summed E-state index contributed by atoms with van der Waals surface area (Å²) in [5, 5.41) is 10.8. The molecule has 0 radical (unpaired) electrons. The standard InChI is InChI=1S/C39H47N3O7/c1-4-5-14-23-41-24-15-8-13-20-31(44)40(3)26(2)34(28-18-11-7-12-19-28)48-38(47)32-30-21-22-39(49-30)33(32)36(45)42(35(39)37(41)46)29(25-43)27-16-9-6-10-17-27/h6-12,15-19,21-22,26,29-30,32-35,43H,4-5,13-14,20,23-25H2,1-3H3/b15-8-/t26-,29-,30+,32-,33-,34+,35+,39-/m1/s1. The number of benzene rings is 2. The number of amides is 3. The van der Waals surface area contributed by atoms with Crippen LogP contribution in [0.25, 0.3) is 0 Å². The van der Waals surface area contributed by atoms with Gasteiger partial charge in [-0.1, -0.05) is 105 Å². The molecule has 1 spiro atoms. The Kier molecular flexibility index (Phi) is 10.4. The Morgan fingerprint density at radius 3 is 2.37 bits per heavy atom. The second-order valence-corrected chi connectivity index (χ2v) is 13.6. The van der Waals surface area contributed by atoms with Crippen molar-refractivity contribution in [1.29, 1.82) is 0 Å². The van der Waals surface area contributed by atoms with Gasteiger partial charge in [-0.3, -0.25) is 19.2 Å². The highest BCUT2D eigenvalue weighted by Crippen LogP contribution is 2.57. The van der Waals surface area contributed by atoms with Crippen molar-refractivity contribution in [3.63, 3.8) is 0 Å². The maximum atomic E-state index is 14.9. The Morgan fingerprint density at radius 2 is 1.67 bits per heavy atom. The van der Waals surface area contributed by atoms with Gasteiger partial charge in [-0.2, -0.15) is 0 Å². The highest BCUT2D eigenvalue weighted by atomic mass is 16.6. The van der Waals surface area contributed by atoms with Crippen LogP contribution in [0.4, 0.5) is 0 Å². The summed E-state index contributed by atoms with van der Waals surface area (Å²) in [5.74, 6) is -3.54. The minimum Gasteiger partial charge on any atom is -0.455 e. The van der Waals surface area contributed by atoms with Crippen molar-refractivity contribution in [1.82, 2.24) is 14.7 Å². The van der Waals surface area contributed by atoms with Crippen LogP contribution in [0.3, 0.4) is 0 Å². The van der Waals surface area contributed by atoms with E-state index in [0.29, 0.717) is 18.5 Å². The van der Waals surface area contributed by atoms with Gasteiger partial charge in [0, 0.05) is 26.6 Å². The number of fused-ring (bicyclic) bond motifs is 2. The van der Waals surface area contributed by atoms with Crippen LogP contribution in [-0.4, -0.2) is 94.0 Å². The molecule has 4 aliphatic rings. The highest BCUT2D eigenvalue weighted by molar-refractivity contribution is 5.99. The Hall–Kier alpha value is -4.28. The molecule has 8 atom stereocenters. The first-order chi connectivity index (χ1) is 23.7. The van der Waals surface area contributed by atoms with Crippen LogP contribution in [-0.2, 0) is 28.7 Å². The second-order valence-electron chi connectivity index (χ2n) is 13.6. The maximum absolute atomic E-state index is 14.9. The number of carbonyl (C=O) groups excluding carboxylic acids is 4. The average Bonchev–Trinajstić information content (AvgIpc) is 3.77. The minimum absolute atomic E-state index is 0.0969. The van der Waals surface area contributed by atoms with Crippen molar-refractivity contribution >= 4 is 23.7 Å². The van der Waals surface area contributed by atoms with Crippen LogP contribution in [0.5, 0.6) is 0 Å². The minimum atomic E-state index is -1.42. The number of cyclic esters (lactones) is 1. The Balaban J connectivity index is 1.46. The van der Waals surface area contributed by atoms with Crippen LogP contribution >= 0.6 is 0 Å². The Labute approximate surface area is 288 Å². The second kappa shape index (κ2) is 14.7. The number of allylic oxidation sites excluding steroid dienone is 1. The molecule has 3 amide bonds. The molecule has 2 aromatic carbocycles. The van der Waals surface area contributed by atoms with Gasteiger partial charge in [-0.25, -0.2) is 0 Å². The lowest BCUT2D eigenvalue weighted by Crippen LogP contribution is -2.56. The van der Waals surface area contributed by atoms with Crippen molar-refractivity contribution in [2.75, 3.05) is 26.7 Å². The van der Waals surface area contributed by atoms with Crippen molar-refractivity contribution in [2.45, 2.75) is 81.9 Å². The molecule has 0 aliphatic carbocycles. The van der Waals surface area contributed by atoms with E-state index in [2.05, 4.69) is 6.92 Å². The van der Waals surface area contributed by atoms with Crippen LogP contribution in [0.2, 0.25) is 0 Å². The summed E-state index contributed by atoms with van der Waals surface area (Å²) >= 11 is 0. The van der Waals surface area contributed by atoms with E-state index in [-0.39, 0.29) is 24.8 Å². The lowest BCUT2D eigenvalue weighted by Gasteiger charge is -2.39. The van der Waals surface area contributed by atoms with Crippen LogP contribution < -0.4 is 0 Å². The molecule has 260 valence electrons. The van der Waals surface area contributed by atoms with Gasteiger partial charge in [-0.05, 0) is 30.9 Å². The number of aliphatic hydroxyl groups is 1. The van der Waals surface area contributed by atoms with Crippen molar-refractivity contribution in [3.8, 4) is 0 Å². The molecule has 6 rings (SSSR count). The van der Waals surface area contributed by atoms with Crippen molar-refractivity contribution in [2.24, 2.45) is 11.8 Å². The number of ether oxygens (including phenoxy) is 2. The smallest absolute Gasteiger partial charge is 0.313 e. The number of rotatable bonds is 8. The van der Waals surface area contributed by atoms with Crippen molar-refractivity contribution < 1.29 is 33.8 Å². The fourth-order valence-electron chi connectivity index (χ4n) is 7.96. The largest absolute Gasteiger partial charge is 0.455 e. The number of esters is 1. The molecule has 2 saturated heterocycles. The first-order valence-corrected chi connectivity index (χ1v) is 17.5. The normalized spacial score (nSPS) is 31.6. The summed E-state index contributed by atoms with van der Waals surface area (Å²) in [6.45, 7) is 4.27. The Bertz CT molecular complexity index is 1580. The molecular formula is C39H47N3O7. The molecule has 0 unspecified atom stereocenters. The van der Waals surface area contributed by atoms with Gasteiger partial charge >= 0.3 is 5.97 Å². The monoisotopic (exact) mass is 669 g/mol. The summed E-state index contributed by atoms with van der Waals surface area (Å²) < 4.78 is 12.9. The van der Waals surface area contributed by atoms with Crippen molar-refractivity contribution in [3.05, 3.63) is 96.1 Å². The fourth-order valence-corrected chi connectivity index (χ4v) is 7.96. The summed E-state index contributed by atoms with van der Waals surface area (Å²) in [4.78, 5) is 62.3. The molecular weight excluding hydrogens is 622 g/mol. The van der Waals surface area contributed by atoms with E-state index in [1.807, 2.05) is 79.7 Å². The van der Waals surface area contributed by atoms with E-state index in [9.17, 15) is 24.3 Å². The Morgan fingerprint density at radius 1 is 0.959 bits per heavy atom. The first-order valence-electron chi connectivity index (χ1n) is 17.5. The molecule has 10 heteroatoms. The molecule has 2 fully saturated rings. The zero-order valence-electron chi connectivity index (χ0n) is 28.5. The number of hydrogen-bond acceptors (Lipinski definition) is 7. The van der Waals surface area contributed by atoms with Gasteiger partial charge in [-0.15, -0.1) is 0 Å². The number of unbranched alkanes of at least 4 members (excludes halogenated alkanes) is 2. The predicted molar refractivity (Wildman–Crippen MR) is 183 cm³/mol. The zero-order valence-corrected chi connectivity index (χ0v) is 28.5. The van der Waals surface area contributed by atoms with Crippen LogP contribution in [0, 0.1) is 11.8 Å². The van der Waals surface area contributed by atoms with Gasteiger partial charge in [0.2, 0.25) is 17.7 Å². The van der Waals surface area contributed by atoms with E-state index in [1.165, 1.54) is 4.90 Å². The summed E-state index contributed by atoms with van der Waals surface area (Å²) in [6.07, 6.45) is 9.15. The molecule has 0 saturated carbocycles. The maximum Gasteiger partial charge on any atom is 0.313 e. The quantitative estimate of drug-likeness (QED) is 0.252. The fraction of sp³-hybridized carbons (Fsp3) is 0.487. The van der Waals surface area contributed by atoms with E-state index in [0.717, 1.165) is 24.8 Å². The number of likely N-dealkylation sites (N-methyl/N-ethyl adjacent to an activating group) is 1. The highest BCUT2D eigenvalue weighted by Gasteiger charge is 2.74. The van der Waals surface area contributed by atoms with E-state index in [4.69, 9.17) is 9.47 Å². The molecule has 5 bridgehead atoms.